The number of nitrogens with one attached hydrogen (secondary N) is 1. The fourth-order valence-electron chi connectivity index (χ4n) is 3.42. The van der Waals surface area contributed by atoms with Gasteiger partial charge in [0.25, 0.3) is 0 Å². The summed E-state index contributed by atoms with van der Waals surface area (Å²) in [5.41, 5.74) is 0.867. The van der Waals surface area contributed by atoms with Crippen molar-refractivity contribution in [2.75, 3.05) is 32.9 Å². The number of halogens is 3. The molecule has 10 heteroatoms. The van der Waals surface area contributed by atoms with E-state index >= 15 is 0 Å². The summed E-state index contributed by atoms with van der Waals surface area (Å²) in [5, 5.41) is 2.98. The van der Waals surface area contributed by atoms with Crippen LogP contribution < -0.4 is 14.8 Å². The van der Waals surface area contributed by atoms with Gasteiger partial charge in [-0.05, 0) is 50.3 Å². The molecule has 1 fully saturated rings. The molecule has 1 aliphatic rings. The van der Waals surface area contributed by atoms with E-state index in [9.17, 15) is 22.8 Å². The molecule has 1 saturated heterocycles. The Bertz CT molecular complexity index is 780. The zero-order chi connectivity index (χ0) is 24.4. The number of amides is 2. The van der Waals surface area contributed by atoms with E-state index in [1.165, 1.54) is 4.90 Å². The van der Waals surface area contributed by atoms with Crippen LogP contribution in [-0.2, 0) is 9.53 Å². The highest BCUT2D eigenvalue weighted by molar-refractivity contribution is 5.79. The molecule has 1 atom stereocenters. The predicted octanol–water partition coefficient (Wildman–Crippen LogP) is 4.85. The molecular weight excluding hydrogens is 441 g/mol. The van der Waals surface area contributed by atoms with Crippen LogP contribution in [0, 0.1) is 5.92 Å². The largest absolute Gasteiger partial charge is 0.490 e. The van der Waals surface area contributed by atoms with E-state index in [0.29, 0.717) is 37.6 Å². The fraction of sp³-hybridized carbons (Fsp3) is 0.652. The Hall–Kier alpha value is -2.65. The van der Waals surface area contributed by atoms with E-state index in [1.807, 2.05) is 39.0 Å². The number of hydrogen-bond acceptors (Lipinski definition) is 5. The second-order valence-electron chi connectivity index (χ2n) is 8.06. The summed E-state index contributed by atoms with van der Waals surface area (Å²) in [6.45, 7) is 5.76. The SMILES string of the molecule is CCCOc1ccc(C(C)NC(=O)C2CCN(C(=O)OCC(F)(F)F)CC2)cc1OCCC. The van der Waals surface area contributed by atoms with Gasteiger partial charge in [-0.1, -0.05) is 19.9 Å². The summed E-state index contributed by atoms with van der Waals surface area (Å²) in [6, 6.07) is 5.30. The number of rotatable bonds is 10. The van der Waals surface area contributed by atoms with E-state index in [4.69, 9.17) is 9.47 Å². The van der Waals surface area contributed by atoms with Crippen molar-refractivity contribution in [3.05, 3.63) is 23.8 Å². The number of likely N-dealkylation sites (tertiary alicyclic amines) is 1. The van der Waals surface area contributed by atoms with Gasteiger partial charge in [-0.15, -0.1) is 0 Å². The highest BCUT2D eigenvalue weighted by atomic mass is 19.4. The smallest absolute Gasteiger partial charge is 0.422 e. The number of carbonyl (C=O) groups excluding carboxylic acids is 2. The normalized spacial score (nSPS) is 15.6. The van der Waals surface area contributed by atoms with Gasteiger partial charge in [0.15, 0.2) is 18.1 Å². The molecule has 33 heavy (non-hydrogen) atoms. The van der Waals surface area contributed by atoms with Crippen LogP contribution in [-0.4, -0.2) is 56.0 Å². The number of ether oxygens (including phenoxy) is 3. The third-order valence-electron chi connectivity index (χ3n) is 5.23. The van der Waals surface area contributed by atoms with Crippen molar-refractivity contribution in [2.24, 2.45) is 5.92 Å². The lowest BCUT2D eigenvalue weighted by Gasteiger charge is -2.31. The van der Waals surface area contributed by atoms with Gasteiger partial charge < -0.3 is 24.4 Å². The number of alkyl halides is 3. The lowest BCUT2D eigenvalue weighted by Crippen LogP contribution is -2.44. The van der Waals surface area contributed by atoms with Crippen molar-refractivity contribution in [1.82, 2.24) is 10.2 Å². The highest BCUT2D eigenvalue weighted by Crippen LogP contribution is 2.31. The number of piperidine rings is 1. The van der Waals surface area contributed by atoms with Crippen LogP contribution in [0.25, 0.3) is 0 Å². The van der Waals surface area contributed by atoms with Crippen LogP contribution in [0.15, 0.2) is 18.2 Å². The Balaban J connectivity index is 1.90. The van der Waals surface area contributed by atoms with Crippen molar-refractivity contribution in [3.63, 3.8) is 0 Å². The van der Waals surface area contributed by atoms with E-state index < -0.39 is 18.9 Å². The first kappa shape index (κ1) is 26.6. The summed E-state index contributed by atoms with van der Waals surface area (Å²) in [4.78, 5) is 25.7. The van der Waals surface area contributed by atoms with Gasteiger partial charge in [0, 0.05) is 19.0 Å². The number of carbonyl (C=O) groups is 2. The van der Waals surface area contributed by atoms with Crippen molar-refractivity contribution < 1.29 is 37.0 Å². The number of hydrogen-bond donors (Lipinski definition) is 1. The standard InChI is InChI=1S/C23H33F3N2O5/c1-4-12-31-19-7-6-18(14-20(19)32-13-5-2)16(3)27-21(29)17-8-10-28(11-9-17)22(30)33-15-23(24,25)26/h6-7,14,16-17H,4-5,8-13,15H2,1-3H3,(H,27,29). The minimum absolute atomic E-state index is 0.159. The van der Waals surface area contributed by atoms with E-state index in [2.05, 4.69) is 10.1 Å². The molecule has 186 valence electrons. The molecule has 2 amide bonds. The summed E-state index contributed by atoms with van der Waals surface area (Å²) >= 11 is 0. The Kier molecular flexibility index (Phi) is 10.1. The lowest BCUT2D eigenvalue weighted by atomic mass is 9.95. The van der Waals surface area contributed by atoms with Crippen LogP contribution >= 0.6 is 0 Å². The van der Waals surface area contributed by atoms with Gasteiger partial charge in [-0.3, -0.25) is 4.79 Å². The van der Waals surface area contributed by atoms with Gasteiger partial charge >= 0.3 is 12.3 Å². The first-order valence-electron chi connectivity index (χ1n) is 11.3. The average molecular weight is 475 g/mol. The molecule has 0 spiro atoms. The Morgan fingerprint density at radius 1 is 1.09 bits per heavy atom. The molecular formula is C23H33F3N2O5. The van der Waals surface area contributed by atoms with Crippen LogP contribution in [0.5, 0.6) is 11.5 Å². The number of nitrogens with zero attached hydrogens (tertiary/aromatic N) is 1. The van der Waals surface area contributed by atoms with Crippen molar-refractivity contribution in [2.45, 2.75) is 58.7 Å². The maximum absolute atomic E-state index is 12.7. The molecule has 0 radical (unpaired) electrons. The molecule has 2 rings (SSSR count). The molecule has 1 aliphatic heterocycles. The second-order valence-corrected chi connectivity index (χ2v) is 8.06. The molecule has 0 bridgehead atoms. The van der Waals surface area contributed by atoms with Crippen molar-refractivity contribution in [3.8, 4) is 11.5 Å². The predicted molar refractivity (Wildman–Crippen MR) is 116 cm³/mol. The first-order valence-corrected chi connectivity index (χ1v) is 11.3. The van der Waals surface area contributed by atoms with Crippen LogP contribution in [0.4, 0.5) is 18.0 Å². The number of benzene rings is 1. The Morgan fingerprint density at radius 3 is 2.27 bits per heavy atom. The molecule has 0 aromatic heterocycles. The van der Waals surface area contributed by atoms with Gasteiger partial charge in [-0.25, -0.2) is 4.79 Å². The summed E-state index contributed by atoms with van der Waals surface area (Å²) in [5.74, 6) is 0.808. The van der Waals surface area contributed by atoms with Crippen molar-refractivity contribution >= 4 is 12.0 Å². The molecule has 1 aromatic rings. The van der Waals surface area contributed by atoms with E-state index in [-0.39, 0.29) is 31.0 Å². The highest BCUT2D eigenvalue weighted by Gasteiger charge is 2.33. The summed E-state index contributed by atoms with van der Waals surface area (Å²) < 4.78 is 52.5. The lowest BCUT2D eigenvalue weighted by molar-refractivity contribution is -0.162. The maximum atomic E-state index is 12.7. The summed E-state index contributed by atoms with van der Waals surface area (Å²) in [7, 11) is 0. The quantitative estimate of drug-likeness (QED) is 0.525. The third-order valence-corrected chi connectivity index (χ3v) is 5.23. The second kappa shape index (κ2) is 12.6. The average Bonchev–Trinajstić information content (AvgIpc) is 2.79. The molecule has 0 aliphatic carbocycles. The minimum atomic E-state index is -4.56. The zero-order valence-corrected chi connectivity index (χ0v) is 19.4. The molecule has 7 nitrogen and oxygen atoms in total. The maximum Gasteiger partial charge on any atom is 0.422 e. The van der Waals surface area contributed by atoms with Gasteiger partial charge in [0.1, 0.15) is 0 Å². The Morgan fingerprint density at radius 2 is 1.70 bits per heavy atom. The fourth-order valence-corrected chi connectivity index (χ4v) is 3.42. The van der Waals surface area contributed by atoms with Gasteiger partial charge in [-0.2, -0.15) is 13.2 Å². The van der Waals surface area contributed by atoms with E-state index in [1.54, 1.807) is 0 Å². The van der Waals surface area contributed by atoms with Gasteiger partial charge in [0.05, 0.1) is 19.3 Å². The van der Waals surface area contributed by atoms with Gasteiger partial charge in [0.2, 0.25) is 5.91 Å². The molecule has 1 N–H and O–H groups in total. The first-order chi connectivity index (χ1) is 15.6. The summed E-state index contributed by atoms with van der Waals surface area (Å²) in [6.07, 6.45) is -3.13. The van der Waals surface area contributed by atoms with E-state index in [0.717, 1.165) is 18.4 Å². The zero-order valence-electron chi connectivity index (χ0n) is 19.4. The molecule has 0 saturated carbocycles. The van der Waals surface area contributed by atoms with Crippen LogP contribution in [0.3, 0.4) is 0 Å². The topological polar surface area (TPSA) is 77.1 Å². The monoisotopic (exact) mass is 474 g/mol. The molecule has 1 unspecified atom stereocenters. The molecule has 1 heterocycles. The van der Waals surface area contributed by atoms with Crippen LogP contribution in [0.2, 0.25) is 0 Å². The molecule has 1 aromatic carbocycles. The van der Waals surface area contributed by atoms with Crippen molar-refractivity contribution in [1.29, 1.82) is 0 Å². The van der Waals surface area contributed by atoms with Crippen LogP contribution in [0.1, 0.15) is 58.1 Å². The third kappa shape index (κ3) is 8.66. The minimum Gasteiger partial charge on any atom is -0.490 e. The Labute approximate surface area is 192 Å².